The van der Waals surface area contributed by atoms with Gasteiger partial charge < -0.3 is 5.32 Å². The van der Waals surface area contributed by atoms with Crippen LogP contribution in [0.1, 0.15) is 12.0 Å². The fourth-order valence-corrected chi connectivity index (χ4v) is 3.36. The lowest BCUT2D eigenvalue weighted by molar-refractivity contribution is 0.0981. The molecular formula is C15H22Cl2FN3. The van der Waals surface area contributed by atoms with Gasteiger partial charge in [0.05, 0.1) is 0 Å². The van der Waals surface area contributed by atoms with E-state index in [1.165, 1.54) is 18.6 Å². The average molecular weight is 334 g/mol. The molecule has 3 nitrogen and oxygen atoms in total. The summed E-state index contributed by atoms with van der Waals surface area (Å²) < 4.78 is 13.0. The van der Waals surface area contributed by atoms with Gasteiger partial charge in [-0.2, -0.15) is 0 Å². The van der Waals surface area contributed by atoms with Crippen LogP contribution in [0.25, 0.3) is 0 Å². The van der Waals surface area contributed by atoms with Gasteiger partial charge in [0.1, 0.15) is 5.82 Å². The predicted molar refractivity (Wildman–Crippen MR) is 86.8 cm³/mol. The van der Waals surface area contributed by atoms with Gasteiger partial charge in [0.15, 0.2) is 0 Å². The minimum Gasteiger partial charge on any atom is -0.315 e. The number of nitrogens with one attached hydrogen (secondary N) is 1. The molecule has 0 saturated carbocycles. The fourth-order valence-electron chi connectivity index (χ4n) is 3.13. The van der Waals surface area contributed by atoms with E-state index >= 15 is 0 Å². The highest BCUT2D eigenvalue weighted by Crippen LogP contribution is 2.20. The molecule has 1 N–H and O–H groups in total. The van der Waals surface area contributed by atoms with E-state index in [1.54, 1.807) is 6.07 Å². The van der Waals surface area contributed by atoms with Gasteiger partial charge in [-0.25, -0.2) is 4.39 Å². The fraction of sp³-hybridized carbons (Fsp3) is 0.600. The molecular weight excluding hydrogens is 312 g/mol. The first-order valence-electron chi connectivity index (χ1n) is 7.33. The largest absolute Gasteiger partial charge is 0.315 e. The highest BCUT2D eigenvalue weighted by Gasteiger charge is 2.26. The first kappa shape index (κ1) is 17.0. The highest BCUT2D eigenvalue weighted by molar-refractivity contribution is 6.31. The van der Waals surface area contributed by atoms with Gasteiger partial charge in [0.2, 0.25) is 0 Å². The molecule has 0 spiro atoms. The zero-order chi connectivity index (χ0) is 13.9. The Morgan fingerprint density at radius 2 is 2.00 bits per heavy atom. The Morgan fingerprint density at radius 3 is 2.62 bits per heavy atom. The molecule has 0 aliphatic carbocycles. The third kappa shape index (κ3) is 4.30. The van der Waals surface area contributed by atoms with E-state index in [1.807, 2.05) is 0 Å². The standard InChI is InChI=1S/C15H21ClFN3.ClH/c16-15-9-13(17)2-1-12(15)11-19-5-7-20(8-6-19)14-3-4-18-10-14;/h1-2,9,14,18H,3-8,10-11H2;1H. The molecule has 1 aromatic carbocycles. The van der Waals surface area contributed by atoms with E-state index < -0.39 is 0 Å². The maximum absolute atomic E-state index is 13.0. The van der Waals surface area contributed by atoms with Gasteiger partial charge in [0.25, 0.3) is 0 Å². The average Bonchev–Trinajstić information content (AvgIpc) is 2.97. The van der Waals surface area contributed by atoms with Crippen molar-refractivity contribution in [1.29, 1.82) is 0 Å². The number of piperazine rings is 1. The van der Waals surface area contributed by atoms with Crippen molar-refractivity contribution in [2.24, 2.45) is 0 Å². The number of rotatable bonds is 3. The van der Waals surface area contributed by atoms with Crippen LogP contribution in [-0.4, -0.2) is 55.1 Å². The molecule has 3 rings (SSSR count). The number of hydrogen-bond donors (Lipinski definition) is 1. The van der Waals surface area contributed by atoms with Crippen molar-refractivity contribution >= 4 is 24.0 Å². The van der Waals surface area contributed by atoms with Crippen molar-refractivity contribution < 1.29 is 4.39 Å². The minimum absolute atomic E-state index is 0. The van der Waals surface area contributed by atoms with Crippen LogP contribution in [0.15, 0.2) is 18.2 Å². The Bertz CT molecular complexity index is 458. The normalized spacial score (nSPS) is 24.0. The van der Waals surface area contributed by atoms with Crippen LogP contribution in [0.4, 0.5) is 4.39 Å². The summed E-state index contributed by atoms with van der Waals surface area (Å²) in [4.78, 5) is 4.99. The molecule has 0 amide bonds. The summed E-state index contributed by atoms with van der Waals surface area (Å²) in [6.45, 7) is 7.44. The lowest BCUT2D eigenvalue weighted by Gasteiger charge is -2.37. The molecule has 1 aromatic rings. The number of hydrogen-bond acceptors (Lipinski definition) is 3. The number of halogens is 3. The van der Waals surface area contributed by atoms with E-state index in [0.717, 1.165) is 51.4 Å². The molecule has 0 aromatic heterocycles. The summed E-state index contributed by atoms with van der Waals surface area (Å²) in [5.74, 6) is -0.266. The molecule has 1 atom stereocenters. The van der Waals surface area contributed by atoms with Gasteiger partial charge >= 0.3 is 0 Å². The Labute approximate surface area is 136 Å². The molecule has 2 aliphatic rings. The maximum Gasteiger partial charge on any atom is 0.124 e. The van der Waals surface area contributed by atoms with Crippen LogP contribution in [-0.2, 0) is 6.54 Å². The molecule has 6 heteroatoms. The summed E-state index contributed by atoms with van der Waals surface area (Å²) in [5, 5.41) is 3.96. The van der Waals surface area contributed by atoms with Gasteiger partial charge in [-0.3, -0.25) is 9.80 Å². The third-order valence-corrected chi connectivity index (χ3v) is 4.72. The Morgan fingerprint density at radius 1 is 1.24 bits per heavy atom. The molecule has 0 radical (unpaired) electrons. The monoisotopic (exact) mass is 333 g/mol. The van der Waals surface area contributed by atoms with Crippen LogP contribution in [0.2, 0.25) is 5.02 Å². The van der Waals surface area contributed by atoms with Crippen molar-refractivity contribution in [3.8, 4) is 0 Å². The quantitative estimate of drug-likeness (QED) is 0.916. The lowest BCUT2D eigenvalue weighted by Crippen LogP contribution is -2.50. The number of nitrogens with zero attached hydrogens (tertiary/aromatic N) is 2. The highest BCUT2D eigenvalue weighted by atomic mass is 35.5. The third-order valence-electron chi connectivity index (χ3n) is 4.37. The Balaban J connectivity index is 0.00000161. The van der Waals surface area contributed by atoms with E-state index in [2.05, 4.69) is 15.1 Å². The zero-order valence-corrected chi connectivity index (χ0v) is 13.6. The van der Waals surface area contributed by atoms with Crippen LogP contribution in [0.3, 0.4) is 0 Å². The van der Waals surface area contributed by atoms with Gasteiger partial charge in [-0.1, -0.05) is 17.7 Å². The van der Waals surface area contributed by atoms with Gasteiger partial charge in [0, 0.05) is 50.3 Å². The molecule has 0 bridgehead atoms. The first-order valence-corrected chi connectivity index (χ1v) is 7.71. The summed E-state index contributed by atoms with van der Waals surface area (Å²) >= 11 is 6.10. The molecule has 2 heterocycles. The first-order chi connectivity index (χ1) is 9.72. The van der Waals surface area contributed by atoms with Crippen molar-refractivity contribution in [2.45, 2.75) is 19.0 Å². The van der Waals surface area contributed by atoms with Crippen molar-refractivity contribution in [2.75, 3.05) is 39.3 Å². The van der Waals surface area contributed by atoms with Crippen LogP contribution in [0, 0.1) is 5.82 Å². The van der Waals surface area contributed by atoms with E-state index in [0.29, 0.717) is 11.1 Å². The number of benzene rings is 1. The van der Waals surface area contributed by atoms with Gasteiger partial charge in [-0.05, 0) is 30.7 Å². The molecule has 21 heavy (non-hydrogen) atoms. The Kier molecular flexibility index (Phi) is 6.26. The summed E-state index contributed by atoms with van der Waals surface area (Å²) in [6, 6.07) is 5.40. The zero-order valence-electron chi connectivity index (χ0n) is 12.0. The second-order valence-corrected chi connectivity index (χ2v) is 6.10. The summed E-state index contributed by atoms with van der Waals surface area (Å²) in [7, 11) is 0. The molecule has 118 valence electrons. The lowest BCUT2D eigenvalue weighted by atomic mass is 10.1. The van der Waals surface area contributed by atoms with E-state index in [-0.39, 0.29) is 18.2 Å². The van der Waals surface area contributed by atoms with E-state index in [4.69, 9.17) is 11.6 Å². The maximum atomic E-state index is 13.0. The second kappa shape index (κ2) is 7.75. The molecule has 1 unspecified atom stereocenters. The van der Waals surface area contributed by atoms with Crippen molar-refractivity contribution in [3.05, 3.63) is 34.6 Å². The molecule has 2 fully saturated rings. The molecule has 2 saturated heterocycles. The van der Waals surface area contributed by atoms with Crippen LogP contribution in [0.5, 0.6) is 0 Å². The minimum atomic E-state index is -0.266. The second-order valence-electron chi connectivity index (χ2n) is 5.69. The summed E-state index contributed by atoms with van der Waals surface area (Å²) in [6.07, 6.45) is 1.27. The van der Waals surface area contributed by atoms with Gasteiger partial charge in [-0.15, -0.1) is 12.4 Å². The van der Waals surface area contributed by atoms with Crippen LogP contribution >= 0.6 is 24.0 Å². The SMILES string of the molecule is Cl.Fc1ccc(CN2CCN(C3CCNC3)CC2)c(Cl)c1. The van der Waals surface area contributed by atoms with Crippen molar-refractivity contribution in [3.63, 3.8) is 0 Å². The van der Waals surface area contributed by atoms with Crippen molar-refractivity contribution in [1.82, 2.24) is 15.1 Å². The smallest absolute Gasteiger partial charge is 0.124 e. The predicted octanol–water partition coefficient (Wildman–Crippen LogP) is 2.38. The topological polar surface area (TPSA) is 18.5 Å². The molecule has 2 aliphatic heterocycles. The van der Waals surface area contributed by atoms with E-state index in [9.17, 15) is 4.39 Å². The Hall–Kier alpha value is -0.390. The van der Waals surface area contributed by atoms with Crippen LogP contribution < -0.4 is 5.32 Å². The summed E-state index contributed by atoms with van der Waals surface area (Å²) in [5.41, 5.74) is 1.02.